The summed E-state index contributed by atoms with van der Waals surface area (Å²) in [5.41, 5.74) is 5.90. The Hall–Kier alpha value is -1.10. The zero-order valence-electron chi connectivity index (χ0n) is 7.04. The van der Waals surface area contributed by atoms with Crippen LogP contribution in [-0.2, 0) is 9.63 Å². The van der Waals surface area contributed by atoms with Crippen molar-refractivity contribution < 1.29 is 9.63 Å². The molecule has 1 aliphatic heterocycles. The third-order valence-electron chi connectivity index (χ3n) is 1.85. The van der Waals surface area contributed by atoms with E-state index in [-0.39, 0.29) is 0 Å². The van der Waals surface area contributed by atoms with Gasteiger partial charge in [0, 0.05) is 12.8 Å². The topological polar surface area (TPSA) is 76.7 Å². The smallest absolute Gasteiger partial charge is 0.207 e. The molecule has 1 unspecified atom stereocenters. The molecule has 1 amide bonds. The number of hydrogen-bond acceptors (Lipinski definition) is 4. The molecule has 0 fully saturated rings. The van der Waals surface area contributed by atoms with Crippen molar-refractivity contribution >= 4 is 12.1 Å². The van der Waals surface area contributed by atoms with Crippen LogP contribution in [0.4, 0.5) is 0 Å². The molecular formula is C7H13N3O2. The summed E-state index contributed by atoms with van der Waals surface area (Å²) < 4.78 is 0. The van der Waals surface area contributed by atoms with Crippen LogP contribution in [-0.4, -0.2) is 24.4 Å². The Kier molecular flexibility index (Phi) is 2.65. The van der Waals surface area contributed by atoms with E-state index in [1.54, 1.807) is 0 Å². The van der Waals surface area contributed by atoms with E-state index < -0.39 is 5.72 Å². The molecule has 5 nitrogen and oxygen atoms in total. The number of nitrogens with two attached hydrogens (primary N) is 1. The number of nitrogens with one attached hydrogen (secondary N) is 1. The van der Waals surface area contributed by atoms with Gasteiger partial charge in [-0.25, -0.2) is 0 Å². The minimum atomic E-state index is -0.653. The average Bonchev–Trinajstić information content (AvgIpc) is 2.45. The van der Waals surface area contributed by atoms with Gasteiger partial charge in [-0.05, 0) is 0 Å². The Morgan fingerprint density at radius 2 is 2.67 bits per heavy atom. The van der Waals surface area contributed by atoms with Gasteiger partial charge < -0.3 is 10.2 Å². The van der Waals surface area contributed by atoms with Gasteiger partial charge in [-0.3, -0.25) is 10.5 Å². The normalized spacial score (nSPS) is 27.7. The van der Waals surface area contributed by atoms with Crippen LogP contribution in [0.2, 0.25) is 0 Å². The van der Waals surface area contributed by atoms with Gasteiger partial charge in [0.1, 0.15) is 0 Å². The number of rotatable bonds is 4. The Bertz CT molecular complexity index is 205. The van der Waals surface area contributed by atoms with Crippen LogP contribution < -0.4 is 11.1 Å². The zero-order valence-corrected chi connectivity index (χ0v) is 7.04. The highest BCUT2D eigenvalue weighted by Crippen LogP contribution is 2.20. The highest BCUT2D eigenvalue weighted by atomic mass is 16.7. The summed E-state index contributed by atoms with van der Waals surface area (Å²) >= 11 is 0. The third kappa shape index (κ3) is 1.94. The van der Waals surface area contributed by atoms with Gasteiger partial charge in [-0.15, -0.1) is 0 Å². The summed E-state index contributed by atoms with van der Waals surface area (Å²) in [7, 11) is 0. The fourth-order valence-electron chi connectivity index (χ4n) is 1.01. The van der Waals surface area contributed by atoms with Crippen molar-refractivity contribution in [3.05, 3.63) is 0 Å². The molecule has 12 heavy (non-hydrogen) atoms. The molecule has 0 spiro atoms. The van der Waals surface area contributed by atoms with Crippen LogP contribution in [0.15, 0.2) is 5.16 Å². The van der Waals surface area contributed by atoms with Gasteiger partial charge >= 0.3 is 0 Å². The van der Waals surface area contributed by atoms with E-state index in [1.165, 1.54) is 0 Å². The van der Waals surface area contributed by atoms with Crippen LogP contribution in [0.5, 0.6) is 0 Å². The van der Waals surface area contributed by atoms with Crippen LogP contribution >= 0.6 is 0 Å². The lowest BCUT2D eigenvalue weighted by Crippen LogP contribution is -2.39. The first-order chi connectivity index (χ1) is 5.70. The Morgan fingerprint density at radius 3 is 3.17 bits per heavy atom. The van der Waals surface area contributed by atoms with Crippen molar-refractivity contribution in [2.45, 2.75) is 25.5 Å². The van der Waals surface area contributed by atoms with Gasteiger partial charge in [0.05, 0.1) is 12.3 Å². The van der Waals surface area contributed by atoms with Gasteiger partial charge in [0.15, 0.2) is 5.72 Å². The van der Waals surface area contributed by atoms with Crippen LogP contribution in [0.3, 0.4) is 0 Å². The number of carbonyl (C=O) groups is 1. The third-order valence-corrected chi connectivity index (χ3v) is 1.85. The van der Waals surface area contributed by atoms with E-state index in [0.717, 1.165) is 5.71 Å². The number of nitrogens with zero attached hydrogens (tertiary/aromatic N) is 1. The Labute approximate surface area is 70.9 Å². The Morgan fingerprint density at radius 1 is 1.92 bits per heavy atom. The van der Waals surface area contributed by atoms with Crippen molar-refractivity contribution in [1.29, 1.82) is 0 Å². The second-order valence-corrected chi connectivity index (χ2v) is 2.84. The maximum atomic E-state index is 9.95. The SMILES string of the molecule is CCC1(N)CC(CNC=O)=NO1. The van der Waals surface area contributed by atoms with Crippen molar-refractivity contribution in [2.24, 2.45) is 10.9 Å². The lowest BCUT2D eigenvalue weighted by molar-refractivity contribution is -0.109. The minimum Gasteiger partial charge on any atom is -0.373 e. The molecule has 1 aliphatic rings. The molecule has 0 saturated carbocycles. The van der Waals surface area contributed by atoms with E-state index >= 15 is 0 Å². The quantitative estimate of drug-likeness (QED) is 0.564. The molecule has 0 aromatic heterocycles. The number of oxime groups is 1. The fraction of sp³-hybridized carbons (Fsp3) is 0.714. The highest BCUT2D eigenvalue weighted by Gasteiger charge is 2.32. The maximum Gasteiger partial charge on any atom is 0.207 e. The molecule has 0 bridgehead atoms. The van der Waals surface area contributed by atoms with Gasteiger partial charge in [0.25, 0.3) is 0 Å². The lowest BCUT2D eigenvalue weighted by Gasteiger charge is -2.18. The molecule has 1 atom stereocenters. The fourth-order valence-corrected chi connectivity index (χ4v) is 1.01. The molecule has 0 radical (unpaired) electrons. The van der Waals surface area contributed by atoms with Crippen LogP contribution in [0.1, 0.15) is 19.8 Å². The van der Waals surface area contributed by atoms with Gasteiger partial charge in [0.2, 0.25) is 6.41 Å². The lowest BCUT2D eigenvalue weighted by atomic mass is 10.1. The van der Waals surface area contributed by atoms with E-state index in [0.29, 0.717) is 25.8 Å². The highest BCUT2D eigenvalue weighted by molar-refractivity contribution is 5.88. The summed E-state index contributed by atoms with van der Waals surface area (Å²) in [6.45, 7) is 2.36. The summed E-state index contributed by atoms with van der Waals surface area (Å²) in [5, 5.41) is 6.27. The molecule has 0 aromatic rings. The monoisotopic (exact) mass is 171 g/mol. The minimum absolute atomic E-state index is 0.419. The molecule has 0 aromatic carbocycles. The summed E-state index contributed by atoms with van der Waals surface area (Å²) in [4.78, 5) is 15.0. The van der Waals surface area contributed by atoms with Crippen LogP contribution in [0, 0.1) is 0 Å². The predicted octanol–water partition coefficient (Wildman–Crippen LogP) is -0.426. The molecule has 1 heterocycles. The maximum absolute atomic E-state index is 9.95. The zero-order chi connectivity index (χ0) is 9.03. The molecule has 3 N–H and O–H groups in total. The van der Waals surface area contributed by atoms with Crippen LogP contribution in [0.25, 0.3) is 0 Å². The first-order valence-corrected chi connectivity index (χ1v) is 3.90. The predicted molar refractivity (Wildman–Crippen MR) is 44.4 cm³/mol. The van der Waals surface area contributed by atoms with Gasteiger partial charge in [-0.2, -0.15) is 0 Å². The molecule has 1 rings (SSSR count). The van der Waals surface area contributed by atoms with Crippen molar-refractivity contribution in [3.8, 4) is 0 Å². The largest absolute Gasteiger partial charge is 0.373 e. The molecule has 0 saturated heterocycles. The van der Waals surface area contributed by atoms with E-state index in [9.17, 15) is 4.79 Å². The molecule has 0 aliphatic carbocycles. The molecule has 5 heteroatoms. The standard InChI is InChI=1S/C7H13N3O2/c1-2-7(8)3-6(10-12-7)4-9-5-11/h5H,2-4,8H2,1H3,(H,9,11). The number of carbonyl (C=O) groups excluding carboxylic acids is 1. The van der Waals surface area contributed by atoms with E-state index in [2.05, 4.69) is 10.5 Å². The second-order valence-electron chi connectivity index (χ2n) is 2.84. The number of hydrogen-bond donors (Lipinski definition) is 2. The van der Waals surface area contributed by atoms with Gasteiger partial charge in [-0.1, -0.05) is 12.1 Å². The van der Waals surface area contributed by atoms with Crippen molar-refractivity contribution in [2.75, 3.05) is 6.54 Å². The second kappa shape index (κ2) is 3.53. The van der Waals surface area contributed by atoms with E-state index in [1.807, 2.05) is 6.92 Å². The Balaban J connectivity index is 2.37. The first-order valence-electron chi connectivity index (χ1n) is 3.90. The first kappa shape index (κ1) is 8.99. The van der Waals surface area contributed by atoms with E-state index in [4.69, 9.17) is 10.6 Å². The van der Waals surface area contributed by atoms with Crippen molar-refractivity contribution in [3.63, 3.8) is 0 Å². The molecule has 68 valence electrons. The summed E-state index contributed by atoms with van der Waals surface area (Å²) in [5.74, 6) is 0. The number of amides is 1. The average molecular weight is 171 g/mol. The summed E-state index contributed by atoms with van der Waals surface area (Å²) in [6.07, 6.45) is 1.93. The summed E-state index contributed by atoms with van der Waals surface area (Å²) in [6, 6.07) is 0. The molecular weight excluding hydrogens is 158 g/mol. The van der Waals surface area contributed by atoms with Crippen molar-refractivity contribution in [1.82, 2.24) is 5.32 Å².